The maximum absolute atomic E-state index is 12.8. The zero-order valence-corrected chi connectivity index (χ0v) is 6.70. The van der Waals surface area contributed by atoms with Crippen molar-refractivity contribution in [2.24, 2.45) is 0 Å². The highest BCUT2D eigenvalue weighted by atomic mass is 19.4. The fraction of sp³-hybridized carbons (Fsp3) is 0.143. The predicted octanol–water partition coefficient (Wildman–Crippen LogP) is 0.953. The molecule has 14 heavy (non-hydrogen) atoms. The number of hydrogen-bond acceptors (Lipinski definition) is 1. The molecular weight excluding hydrogens is 206 g/mol. The Balaban J connectivity index is 3.31. The van der Waals surface area contributed by atoms with Gasteiger partial charge in [-0.25, -0.2) is 8.78 Å². The summed E-state index contributed by atoms with van der Waals surface area (Å²) in [6.45, 7) is 0. The van der Waals surface area contributed by atoms with E-state index >= 15 is 0 Å². The van der Waals surface area contributed by atoms with Gasteiger partial charge in [0.05, 0.1) is 5.56 Å². The van der Waals surface area contributed by atoms with Crippen molar-refractivity contribution in [3.63, 3.8) is 0 Å². The highest BCUT2D eigenvalue weighted by Crippen LogP contribution is 2.31. The summed E-state index contributed by atoms with van der Waals surface area (Å²) in [5, 5.41) is 8.45. The van der Waals surface area contributed by atoms with Crippen LogP contribution < -0.4 is 5.46 Å². The van der Waals surface area contributed by atoms with Crippen LogP contribution in [0.1, 0.15) is 5.56 Å². The Morgan fingerprint density at radius 3 is 2.07 bits per heavy atom. The van der Waals surface area contributed by atoms with Gasteiger partial charge >= 0.3 is 13.7 Å². The van der Waals surface area contributed by atoms with Crippen LogP contribution in [0.2, 0.25) is 0 Å². The minimum atomic E-state index is -4.93. The van der Waals surface area contributed by atoms with Gasteiger partial charge in [-0.1, -0.05) is 6.07 Å². The second kappa shape index (κ2) is 3.57. The first-order valence-electron chi connectivity index (χ1n) is 3.53. The first-order valence-corrected chi connectivity index (χ1v) is 3.53. The summed E-state index contributed by atoms with van der Waals surface area (Å²) >= 11 is 0. The number of benzene rings is 1. The molecule has 0 bridgehead atoms. The molecule has 0 saturated carbocycles. The summed E-state index contributed by atoms with van der Waals surface area (Å²) in [6, 6.07) is 1.09. The van der Waals surface area contributed by atoms with Gasteiger partial charge in [0, 0.05) is 0 Å². The van der Waals surface area contributed by atoms with Gasteiger partial charge in [-0.3, -0.25) is 0 Å². The smallest absolute Gasteiger partial charge is 0.419 e. The fourth-order valence-electron chi connectivity index (χ4n) is 0.930. The third kappa shape index (κ3) is 1.87. The summed E-state index contributed by atoms with van der Waals surface area (Å²) < 4.78 is 61.5. The molecule has 0 heterocycles. The Labute approximate surface area is 76.4 Å². The largest absolute Gasteiger partial charge is 0.449 e. The van der Waals surface area contributed by atoms with E-state index in [0.29, 0.717) is 12.1 Å². The Kier molecular flexibility index (Phi) is 2.80. The Morgan fingerprint density at radius 2 is 1.64 bits per heavy atom. The van der Waals surface area contributed by atoms with E-state index in [-0.39, 0.29) is 0 Å². The monoisotopic (exact) mass is 210 g/mol. The van der Waals surface area contributed by atoms with Crippen molar-refractivity contribution in [2.45, 2.75) is 6.18 Å². The molecule has 0 aliphatic rings. The van der Waals surface area contributed by atoms with E-state index in [1.165, 1.54) is 0 Å². The van der Waals surface area contributed by atoms with Crippen LogP contribution in [0.5, 0.6) is 0 Å². The van der Waals surface area contributed by atoms with Crippen molar-refractivity contribution < 1.29 is 27.0 Å². The zero-order chi connectivity index (χ0) is 10.9. The number of hydrogen-bond donors (Lipinski definition) is 1. The second-order valence-electron chi connectivity index (χ2n) is 2.56. The molecule has 1 nitrogen and oxygen atoms in total. The molecule has 0 saturated heterocycles. The van der Waals surface area contributed by atoms with Crippen molar-refractivity contribution in [1.82, 2.24) is 0 Å². The van der Waals surface area contributed by atoms with Gasteiger partial charge < -0.3 is 5.02 Å². The van der Waals surface area contributed by atoms with E-state index in [1.807, 2.05) is 0 Å². The maximum Gasteiger partial charge on any atom is 0.419 e. The quantitative estimate of drug-likeness (QED) is 0.540. The average Bonchev–Trinajstić information content (AvgIpc) is 2.07. The summed E-state index contributed by atoms with van der Waals surface area (Å²) in [5.41, 5.74) is -2.18. The molecule has 0 radical (unpaired) electrons. The third-order valence-corrected chi connectivity index (χ3v) is 1.64. The van der Waals surface area contributed by atoms with E-state index in [2.05, 4.69) is 0 Å². The average molecular weight is 210 g/mol. The first kappa shape index (κ1) is 11.0. The molecule has 1 aromatic carbocycles. The molecule has 76 valence electrons. The SMILES string of the molecule is OBc1ccc(C(F)(F)F)c(F)c1F. The van der Waals surface area contributed by atoms with Gasteiger partial charge in [0.15, 0.2) is 11.6 Å². The molecule has 1 rings (SSSR count). The van der Waals surface area contributed by atoms with Gasteiger partial charge in [0.25, 0.3) is 0 Å². The maximum atomic E-state index is 12.8. The topological polar surface area (TPSA) is 20.2 Å². The molecule has 0 aliphatic carbocycles. The summed E-state index contributed by atoms with van der Waals surface area (Å²) in [6.07, 6.45) is -4.93. The normalized spacial score (nSPS) is 11.6. The van der Waals surface area contributed by atoms with E-state index in [0.717, 1.165) is 0 Å². The van der Waals surface area contributed by atoms with Crippen LogP contribution in [0.15, 0.2) is 12.1 Å². The van der Waals surface area contributed by atoms with Crippen LogP contribution in [-0.2, 0) is 6.18 Å². The molecule has 0 spiro atoms. The molecule has 0 atom stereocenters. The van der Waals surface area contributed by atoms with E-state index in [4.69, 9.17) is 5.02 Å². The van der Waals surface area contributed by atoms with Crippen LogP contribution in [-0.4, -0.2) is 12.5 Å². The second-order valence-corrected chi connectivity index (χ2v) is 2.56. The van der Waals surface area contributed by atoms with Crippen molar-refractivity contribution in [1.29, 1.82) is 0 Å². The van der Waals surface area contributed by atoms with Crippen LogP contribution in [0.4, 0.5) is 22.0 Å². The van der Waals surface area contributed by atoms with Crippen LogP contribution in [0.25, 0.3) is 0 Å². The lowest BCUT2D eigenvalue weighted by molar-refractivity contribution is -0.140. The summed E-state index contributed by atoms with van der Waals surface area (Å²) in [7, 11) is -0.846. The van der Waals surface area contributed by atoms with E-state index in [1.54, 1.807) is 0 Å². The molecule has 0 amide bonds. The number of rotatable bonds is 1. The van der Waals surface area contributed by atoms with Crippen LogP contribution in [0, 0.1) is 11.6 Å². The molecule has 1 N–H and O–H groups in total. The highest BCUT2D eigenvalue weighted by Gasteiger charge is 2.35. The standard InChI is InChI=1S/C7H4BF5O/c9-5-3(7(11,12)13)1-2-4(8-14)6(5)10/h1-2,8,14H. The molecular formula is C7H4BF5O. The molecule has 0 aromatic heterocycles. The summed E-state index contributed by atoms with van der Waals surface area (Å²) in [5.74, 6) is -3.65. The fourth-order valence-corrected chi connectivity index (χ4v) is 0.930. The lowest BCUT2D eigenvalue weighted by Crippen LogP contribution is -2.22. The van der Waals surface area contributed by atoms with E-state index < -0.39 is 36.3 Å². The Bertz CT molecular complexity index is 349. The first-order chi connectivity index (χ1) is 6.38. The lowest BCUT2D eigenvalue weighted by atomic mass is 9.87. The lowest BCUT2D eigenvalue weighted by Gasteiger charge is -2.09. The van der Waals surface area contributed by atoms with Crippen LogP contribution >= 0.6 is 0 Å². The molecule has 1 aromatic rings. The van der Waals surface area contributed by atoms with Crippen molar-refractivity contribution in [3.05, 3.63) is 29.3 Å². The van der Waals surface area contributed by atoms with Gasteiger partial charge in [0.2, 0.25) is 0 Å². The number of halogens is 5. The highest BCUT2D eigenvalue weighted by molar-refractivity contribution is 6.45. The molecule has 7 heteroatoms. The van der Waals surface area contributed by atoms with Crippen molar-refractivity contribution in [2.75, 3.05) is 0 Å². The minimum absolute atomic E-state index is 0.393. The van der Waals surface area contributed by atoms with Crippen LogP contribution in [0.3, 0.4) is 0 Å². The third-order valence-electron chi connectivity index (χ3n) is 1.64. The summed E-state index contributed by atoms with van der Waals surface area (Å²) in [4.78, 5) is 0. The van der Waals surface area contributed by atoms with Gasteiger partial charge in [0.1, 0.15) is 0 Å². The minimum Gasteiger partial charge on any atom is -0.449 e. The van der Waals surface area contributed by atoms with Gasteiger partial charge in [-0.05, 0) is 11.5 Å². The Morgan fingerprint density at radius 1 is 1.07 bits per heavy atom. The zero-order valence-electron chi connectivity index (χ0n) is 6.70. The van der Waals surface area contributed by atoms with Crippen molar-refractivity contribution in [3.8, 4) is 0 Å². The van der Waals surface area contributed by atoms with Gasteiger partial charge in [-0.15, -0.1) is 0 Å². The van der Waals surface area contributed by atoms with Crippen molar-refractivity contribution >= 4 is 12.9 Å². The van der Waals surface area contributed by atoms with E-state index in [9.17, 15) is 22.0 Å². The Hall–Kier alpha value is -1.11. The number of alkyl halides is 3. The molecule has 0 aliphatic heterocycles. The molecule has 0 unspecified atom stereocenters. The van der Waals surface area contributed by atoms with Gasteiger partial charge in [-0.2, -0.15) is 13.2 Å². The predicted molar refractivity (Wildman–Crippen MR) is 40.4 cm³/mol. The molecule has 0 fully saturated rings.